The Morgan fingerprint density at radius 1 is 1.16 bits per heavy atom. The molecule has 3 aromatic rings. The molecule has 0 atom stereocenters. The number of fused-ring (bicyclic) bond motifs is 1. The Bertz CT molecular complexity index is 949. The quantitative estimate of drug-likeness (QED) is 0.801. The zero-order valence-electron chi connectivity index (χ0n) is 14.2. The number of nitrogens with zero attached hydrogens (tertiary/aromatic N) is 3. The third-order valence-corrected chi connectivity index (χ3v) is 4.69. The summed E-state index contributed by atoms with van der Waals surface area (Å²) in [5.74, 6) is 0.639. The van der Waals surface area contributed by atoms with Gasteiger partial charge in [0.05, 0.1) is 11.4 Å². The molecule has 0 saturated heterocycles. The third kappa shape index (κ3) is 3.23. The summed E-state index contributed by atoms with van der Waals surface area (Å²) in [5, 5.41) is 0. The second-order valence-electron chi connectivity index (χ2n) is 6.43. The normalized spacial score (nSPS) is 14.3. The van der Waals surface area contributed by atoms with Crippen molar-refractivity contribution in [2.24, 2.45) is 0 Å². The van der Waals surface area contributed by atoms with E-state index in [1.165, 1.54) is 5.56 Å². The summed E-state index contributed by atoms with van der Waals surface area (Å²) in [7, 11) is 0. The van der Waals surface area contributed by atoms with Gasteiger partial charge in [-0.25, -0.2) is 4.98 Å². The molecule has 0 radical (unpaired) electrons. The van der Waals surface area contributed by atoms with Crippen molar-refractivity contribution in [2.45, 2.75) is 26.4 Å². The highest BCUT2D eigenvalue weighted by molar-refractivity contribution is 5.54. The van der Waals surface area contributed by atoms with Crippen molar-refractivity contribution in [1.82, 2.24) is 19.9 Å². The predicted octanol–water partition coefficient (Wildman–Crippen LogP) is 2.70. The van der Waals surface area contributed by atoms with E-state index in [0.29, 0.717) is 12.4 Å². The van der Waals surface area contributed by atoms with E-state index < -0.39 is 0 Å². The van der Waals surface area contributed by atoms with Gasteiger partial charge < -0.3 is 4.98 Å². The van der Waals surface area contributed by atoms with Crippen LogP contribution in [0.25, 0.3) is 11.4 Å². The number of benzene rings is 1. The molecule has 1 N–H and O–H groups in total. The average Bonchev–Trinajstić information content (AvgIpc) is 2.64. The molecule has 5 nitrogen and oxygen atoms in total. The molecule has 5 heteroatoms. The summed E-state index contributed by atoms with van der Waals surface area (Å²) in [6.45, 7) is 4.38. The highest BCUT2D eigenvalue weighted by atomic mass is 16.1. The zero-order valence-corrected chi connectivity index (χ0v) is 14.2. The number of H-pyrrole nitrogens is 1. The molecule has 0 unspecified atom stereocenters. The van der Waals surface area contributed by atoms with Crippen LogP contribution < -0.4 is 5.56 Å². The van der Waals surface area contributed by atoms with E-state index in [0.717, 1.165) is 42.0 Å². The fraction of sp³-hybridized carbons (Fsp3) is 0.250. The Morgan fingerprint density at radius 2 is 2.00 bits per heavy atom. The van der Waals surface area contributed by atoms with E-state index in [2.05, 4.69) is 27.9 Å². The first-order valence-electron chi connectivity index (χ1n) is 8.51. The molecule has 0 fully saturated rings. The van der Waals surface area contributed by atoms with Gasteiger partial charge in [-0.2, -0.15) is 0 Å². The number of aryl methyl sites for hydroxylation is 1. The third-order valence-electron chi connectivity index (χ3n) is 4.69. The summed E-state index contributed by atoms with van der Waals surface area (Å²) < 4.78 is 0. The largest absolute Gasteiger partial charge is 0.306 e. The average molecular weight is 332 g/mol. The van der Waals surface area contributed by atoms with Crippen molar-refractivity contribution >= 4 is 0 Å². The SMILES string of the molecule is Cc1cccnc1CN1CCc2c(nc(-c3ccccc3)[nH]c2=O)C1. The van der Waals surface area contributed by atoms with E-state index in [1.807, 2.05) is 42.6 Å². The lowest BCUT2D eigenvalue weighted by Crippen LogP contribution is -2.35. The van der Waals surface area contributed by atoms with Gasteiger partial charge in [0.25, 0.3) is 5.56 Å². The first-order chi connectivity index (χ1) is 12.2. The van der Waals surface area contributed by atoms with E-state index in [9.17, 15) is 4.79 Å². The molecular weight excluding hydrogens is 312 g/mol. The Kier molecular flexibility index (Phi) is 4.15. The zero-order chi connectivity index (χ0) is 17.2. The van der Waals surface area contributed by atoms with E-state index in [4.69, 9.17) is 4.98 Å². The van der Waals surface area contributed by atoms with E-state index in [-0.39, 0.29) is 5.56 Å². The number of rotatable bonds is 3. The Labute approximate surface area is 146 Å². The minimum atomic E-state index is -0.0162. The van der Waals surface area contributed by atoms with Gasteiger partial charge in [-0.3, -0.25) is 14.7 Å². The van der Waals surface area contributed by atoms with Crippen LogP contribution in [0.2, 0.25) is 0 Å². The molecule has 25 heavy (non-hydrogen) atoms. The maximum atomic E-state index is 12.5. The molecule has 1 aromatic carbocycles. The Hall–Kier alpha value is -2.79. The summed E-state index contributed by atoms with van der Waals surface area (Å²) >= 11 is 0. The van der Waals surface area contributed by atoms with Crippen molar-refractivity contribution in [3.05, 3.63) is 81.5 Å². The minimum Gasteiger partial charge on any atom is -0.306 e. The first-order valence-corrected chi connectivity index (χ1v) is 8.51. The van der Waals surface area contributed by atoms with Crippen molar-refractivity contribution in [2.75, 3.05) is 6.54 Å². The highest BCUT2D eigenvalue weighted by Gasteiger charge is 2.22. The second-order valence-corrected chi connectivity index (χ2v) is 6.43. The van der Waals surface area contributed by atoms with Gasteiger partial charge in [-0.1, -0.05) is 36.4 Å². The molecule has 0 aliphatic carbocycles. The Morgan fingerprint density at radius 3 is 2.80 bits per heavy atom. The van der Waals surface area contributed by atoms with Gasteiger partial charge in [0.15, 0.2) is 0 Å². The van der Waals surface area contributed by atoms with Crippen LogP contribution in [0.1, 0.15) is 22.5 Å². The summed E-state index contributed by atoms with van der Waals surface area (Å²) in [6.07, 6.45) is 2.55. The predicted molar refractivity (Wildman–Crippen MR) is 97.1 cm³/mol. The number of pyridine rings is 1. The van der Waals surface area contributed by atoms with Crippen LogP contribution in [0.15, 0.2) is 53.5 Å². The van der Waals surface area contributed by atoms with Crippen molar-refractivity contribution in [3.63, 3.8) is 0 Å². The molecule has 2 aromatic heterocycles. The molecule has 0 amide bonds. The molecule has 0 spiro atoms. The highest BCUT2D eigenvalue weighted by Crippen LogP contribution is 2.20. The van der Waals surface area contributed by atoms with Gasteiger partial charge in [0.2, 0.25) is 0 Å². The monoisotopic (exact) mass is 332 g/mol. The van der Waals surface area contributed by atoms with Crippen LogP contribution in [0.3, 0.4) is 0 Å². The first kappa shape index (κ1) is 15.7. The molecule has 126 valence electrons. The number of nitrogens with one attached hydrogen (secondary N) is 1. The minimum absolute atomic E-state index is 0.0162. The lowest BCUT2D eigenvalue weighted by Gasteiger charge is -2.27. The number of hydrogen-bond donors (Lipinski definition) is 1. The molecule has 0 saturated carbocycles. The molecule has 3 heterocycles. The lowest BCUT2D eigenvalue weighted by molar-refractivity contribution is 0.237. The van der Waals surface area contributed by atoms with Gasteiger partial charge in [-0.05, 0) is 25.0 Å². The van der Waals surface area contributed by atoms with Crippen LogP contribution in [-0.4, -0.2) is 26.4 Å². The number of aromatic amines is 1. The molecule has 4 rings (SSSR count). The van der Waals surface area contributed by atoms with Gasteiger partial charge >= 0.3 is 0 Å². The molecule has 1 aliphatic heterocycles. The van der Waals surface area contributed by atoms with Crippen LogP contribution >= 0.6 is 0 Å². The lowest BCUT2D eigenvalue weighted by atomic mass is 10.1. The second kappa shape index (κ2) is 6.61. The molecule has 0 bridgehead atoms. The van der Waals surface area contributed by atoms with Gasteiger partial charge in [0, 0.05) is 37.0 Å². The fourth-order valence-corrected chi connectivity index (χ4v) is 3.26. The van der Waals surface area contributed by atoms with E-state index >= 15 is 0 Å². The van der Waals surface area contributed by atoms with Crippen LogP contribution in [0, 0.1) is 6.92 Å². The Balaban J connectivity index is 1.63. The van der Waals surface area contributed by atoms with Crippen LogP contribution in [0.4, 0.5) is 0 Å². The van der Waals surface area contributed by atoms with E-state index in [1.54, 1.807) is 0 Å². The molecular formula is C20H20N4O. The summed E-state index contributed by atoms with van der Waals surface area (Å²) in [5.41, 5.74) is 4.88. The maximum absolute atomic E-state index is 12.5. The number of aromatic nitrogens is 3. The van der Waals surface area contributed by atoms with Crippen LogP contribution in [0.5, 0.6) is 0 Å². The van der Waals surface area contributed by atoms with Gasteiger partial charge in [-0.15, -0.1) is 0 Å². The smallest absolute Gasteiger partial charge is 0.254 e. The van der Waals surface area contributed by atoms with Crippen molar-refractivity contribution in [3.8, 4) is 11.4 Å². The van der Waals surface area contributed by atoms with Crippen molar-refractivity contribution < 1.29 is 0 Å². The fourth-order valence-electron chi connectivity index (χ4n) is 3.26. The summed E-state index contributed by atoms with van der Waals surface area (Å²) in [4.78, 5) is 26.9. The van der Waals surface area contributed by atoms with Crippen molar-refractivity contribution in [1.29, 1.82) is 0 Å². The topological polar surface area (TPSA) is 61.9 Å². The number of hydrogen-bond acceptors (Lipinski definition) is 4. The summed E-state index contributed by atoms with van der Waals surface area (Å²) in [6, 6.07) is 13.8. The maximum Gasteiger partial charge on any atom is 0.254 e. The van der Waals surface area contributed by atoms with Gasteiger partial charge in [0.1, 0.15) is 5.82 Å². The standard InChI is InChI=1S/C20H20N4O/c1-14-6-5-10-21-17(14)12-24-11-9-16-18(13-24)22-19(23-20(16)25)15-7-3-2-4-8-15/h2-8,10H,9,11-13H2,1H3,(H,22,23,25). The molecule has 1 aliphatic rings. The van der Waals surface area contributed by atoms with Crippen LogP contribution in [-0.2, 0) is 19.5 Å².